The Morgan fingerprint density at radius 3 is 2.50 bits per heavy atom. The summed E-state index contributed by atoms with van der Waals surface area (Å²) in [6, 6.07) is 7.73. The van der Waals surface area contributed by atoms with Crippen molar-refractivity contribution in [2.45, 2.75) is 18.5 Å². The Morgan fingerprint density at radius 2 is 1.88 bits per heavy atom. The number of carboxylic acids is 1. The standard InChI is InChI=1S/C23H16ClF4N3O3/c1-22(12-6-5-11(21(33)34)7-16(12)25)10-31(17-9-30-18(29)8-14(17)22)20(32)19-13(23(26,27)28)3-2-4-15(19)24/h2-9H,10H2,1H3,(H2,29,30)(H,33,34). The molecule has 0 saturated heterocycles. The Morgan fingerprint density at radius 1 is 1.18 bits per heavy atom. The maximum absolute atomic E-state index is 15.1. The number of benzene rings is 2. The van der Waals surface area contributed by atoms with Gasteiger partial charge < -0.3 is 15.7 Å². The van der Waals surface area contributed by atoms with Gasteiger partial charge in [0.2, 0.25) is 0 Å². The van der Waals surface area contributed by atoms with E-state index in [2.05, 4.69) is 4.98 Å². The fraction of sp³-hybridized carbons (Fsp3) is 0.174. The monoisotopic (exact) mass is 493 g/mol. The number of hydrogen-bond acceptors (Lipinski definition) is 4. The number of carbonyl (C=O) groups is 2. The highest BCUT2D eigenvalue weighted by molar-refractivity contribution is 6.35. The maximum Gasteiger partial charge on any atom is 0.417 e. The van der Waals surface area contributed by atoms with E-state index < -0.39 is 45.4 Å². The molecule has 1 unspecified atom stereocenters. The van der Waals surface area contributed by atoms with Crippen LogP contribution in [0.25, 0.3) is 0 Å². The molecule has 1 aliphatic heterocycles. The van der Waals surface area contributed by atoms with Crippen molar-refractivity contribution in [1.82, 2.24) is 4.98 Å². The summed E-state index contributed by atoms with van der Waals surface area (Å²) in [6.45, 7) is 1.31. The minimum atomic E-state index is -4.85. The van der Waals surface area contributed by atoms with E-state index in [0.29, 0.717) is 5.56 Å². The van der Waals surface area contributed by atoms with Crippen molar-refractivity contribution in [2.24, 2.45) is 0 Å². The molecule has 6 nitrogen and oxygen atoms in total. The minimum Gasteiger partial charge on any atom is -0.478 e. The first-order chi connectivity index (χ1) is 15.8. The van der Waals surface area contributed by atoms with Gasteiger partial charge in [0, 0.05) is 17.5 Å². The topological polar surface area (TPSA) is 96.5 Å². The van der Waals surface area contributed by atoms with E-state index in [9.17, 15) is 22.8 Å². The highest BCUT2D eigenvalue weighted by Crippen LogP contribution is 2.47. The van der Waals surface area contributed by atoms with Crippen molar-refractivity contribution in [1.29, 1.82) is 0 Å². The summed E-state index contributed by atoms with van der Waals surface area (Å²) >= 11 is 6.02. The van der Waals surface area contributed by atoms with Crippen LogP contribution < -0.4 is 10.6 Å². The summed E-state index contributed by atoms with van der Waals surface area (Å²) in [5.41, 5.74) is 2.82. The van der Waals surface area contributed by atoms with Crippen LogP contribution in [0, 0.1) is 5.82 Å². The minimum absolute atomic E-state index is 0.0369. The molecule has 0 saturated carbocycles. The average molecular weight is 494 g/mol. The number of alkyl halides is 3. The highest BCUT2D eigenvalue weighted by Gasteiger charge is 2.46. The third kappa shape index (κ3) is 3.73. The van der Waals surface area contributed by atoms with Gasteiger partial charge in [-0.15, -0.1) is 0 Å². The van der Waals surface area contributed by atoms with Gasteiger partial charge in [-0.2, -0.15) is 13.2 Å². The Bertz CT molecular complexity index is 1350. The number of rotatable bonds is 3. The Kier molecular flexibility index (Phi) is 5.52. The van der Waals surface area contributed by atoms with Crippen LogP contribution in [0.5, 0.6) is 0 Å². The lowest BCUT2D eigenvalue weighted by molar-refractivity contribution is -0.137. The number of anilines is 2. The van der Waals surface area contributed by atoms with Crippen LogP contribution >= 0.6 is 11.6 Å². The summed E-state index contributed by atoms with van der Waals surface area (Å²) < 4.78 is 56.0. The van der Waals surface area contributed by atoms with Crippen molar-refractivity contribution in [2.75, 3.05) is 17.2 Å². The van der Waals surface area contributed by atoms with Gasteiger partial charge in [-0.05, 0) is 42.8 Å². The zero-order chi connectivity index (χ0) is 25.0. The molecule has 3 N–H and O–H groups in total. The second kappa shape index (κ2) is 7.98. The first-order valence-corrected chi connectivity index (χ1v) is 10.2. The van der Waals surface area contributed by atoms with Crippen LogP contribution in [0.2, 0.25) is 5.02 Å². The van der Waals surface area contributed by atoms with Crippen molar-refractivity contribution >= 4 is 35.0 Å². The van der Waals surface area contributed by atoms with Crippen LogP contribution in [0.1, 0.15) is 44.3 Å². The van der Waals surface area contributed by atoms with Gasteiger partial charge in [0.05, 0.1) is 33.6 Å². The van der Waals surface area contributed by atoms with Gasteiger partial charge in [-0.25, -0.2) is 14.2 Å². The van der Waals surface area contributed by atoms with Crippen molar-refractivity contribution < 1.29 is 32.3 Å². The zero-order valence-electron chi connectivity index (χ0n) is 17.5. The van der Waals surface area contributed by atoms with Gasteiger partial charge in [-0.1, -0.05) is 23.7 Å². The van der Waals surface area contributed by atoms with Gasteiger partial charge in [0.1, 0.15) is 11.6 Å². The molecule has 0 radical (unpaired) electrons. The van der Waals surface area contributed by atoms with E-state index in [4.69, 9.17) is 22.4 Å². The van der Waals surface area contributed by atoms with Crippen LogP contribution in [0.15, 0.2) is 48.7 Å². The molecule has 0 spiro atoms. The van der Waals surface area contributed by atoms with Gasteiger partial charge in [0.25, 0.3) is 5.91 Å². The Balaban J connectivity index is 1.89. The fourth-order valence-corrected chi connectivity index (χ4v) is 4.48. The third-order valence-corrected chi connectivity index (χ3v) is 6.17. The normalized spacial score (nSPS) is 17.5. The number of carbonyl (C=O) groups excluding carboxylic acids is 1. The van der Waals surface area contributed by atoms with Crippen molar-refractivity contribution in [3.05, 3.63) is 87.3 Å². The van der Waals surface area contributed by atoms with E-state index in [1.54, 1.807) is 6.92 Å². The summed E-state index contributed by atoms with van der Waals surface area (Å²) in [5.74, 6) is -3.18. The molecule has 11 heteroatoms. The second-order valence-corrected chi connectivity index (χ2v) is 8.42. The second-order valence-electron chi connectivity index (χ2n) is 8.01. The molecule has 1 aliphatic rings. The average Bonchev–Trinajstić information content (AvgIpc) is 3.05. The van der Waals surface area contributed by atoms with Crippen molar-refractivity contribution in [3.8, 4) is 0 Å². The summed E-state index contributed by atoms with van der Waals surface area (Å²) in [4.78, 5) is 29.6. The molecule has 0 fully saturated rings. The van der Waals surface area contributed by atoms with Crippen LogP contribution in [0.3, 0.4) is 0 Å². The SMILES string of the molecule is CC1(c2ccc(C(=O)O)cc2F)CN(C(=O)c2c(Cl)cccc2C(F)(F)F)c2cnc(N)cc21. The number of halogens is 5. The largest absolute Gasteiger partial charge is 0.478 e. The van der Waals surface area contributed by atoms with E-state index in [-0.39, 0.29) is 29.2 Å². The number of amides is 1. The van der Waals surface area contributed by atoms with E-state index in [1.807, 2.05) is 0 Å². The fourth-order valence-electron chi connectivity index (χ4n) is 4.23. The number of pyridine rings is 1. The summed E-state index contributed by atoms with van der Waals surface area (Å²) in [6.07, 6.45) is -3.62. The molecule has 2 aromatic carbocycles. The van der Waals surface area contributed by atoms with Gasteiger partial charge >= 0.3 is 12.1 Å². The molecule has 4 rings (SSSR count). The predicted molar refractivity (Wildman–Crippen MR) is 117 cm³/mol. The molecule has 0 aliphatic carbocycles. The molecular formula is C23H16ClF4N3O3. The molecule has 1 atom stereocenters. The van der Waals surface area contributed by atoms with Gasteiger partial charge in [-0.3, -0.25) is 4.79 Å². The first-order valence-electron chi connectivity index (χ1n) is 9.81. The molecular weight excluding hydrogens is 478 g/mol. The number of aromatic nitrogens is 1. The number of nitrogens with zero attached hydrogens (tertiary/aromatic N) is 2. The quantitative estimate of drug-likeness (QED) is 0.492. The third-order valence-electron chi connectivity index (χ3n) is 5.85. The lowest BCUT2D eigenvalue weighted by Gasteiger charge is -2.27. The van der Waals surface area contributed by atoms with Gasteiger partial charge in [0.15, 0.2) is 0 Å². The summed E-state index contributed by atoms with van der Waals surface area (Å²) in [7, 11) is 0. The molecule has 1 aromatic heterocycles. The molecule has 0 bridgehead atoms. The highest BCUT2D eigenvalue weighted by atomic mass is 35.5. The maximum atomic E-state index is 15.1. The zero-order valence-corrected chi connectivity index (χ0v) is 18.2. The predicted octanol–water partition coefficient (Wildman–Crippen LogP) is 5.14. The number of nitrogens with two attached hydrogens (primary N) is 1. The van der Waals surface area contributed by atoms with Crippen LogP contribution in [0.4, 0.5) is 29.1 Å². The van der Waals surface area contributed by atoms with Crippen LogP contribution in [-0.4, -0.2) is 28.5 Å². The van der Waals surface area contributed by atoms with E-state index >= 15 is 4.39 Å². The molecule has 176 valence electrons. The lowest BCUT2D eigenvalue weighted by atomic mass is 9.77. The number of hydrogen-bond donors (Lipinski definition) is 2. The lowest BCUT2D eigenvalue weighted by Crippen LogP contribution is -2.37. The smallest absolute Gasteiger partial charge is 0.417 e. The Labute approximate surface area is 195 Å². The summed E-state index contributed by atoms with van der Waals surface area (Å²) in [5, 5.41) is 8.74. The van der Waals surface area contributed by atoms with E-state index in [1.165, 1.54) is 30.5 Å². The molecule has 1 amide bonds. The number of nitrogen functional groups attached to an aromatic ring is 1. The first kappa shape index (κ1) is 23.5. The number of carboxylic acid groups (broad SMARTS) is 1. The number of fused-ring (bicyclic) bond motifs is 1. The number of aromatic carboxylic acids is 1. The Hall–Kier alpha value is -3.66. The van der Waals surface area contributed by atoms with E-state index in [0.717, 1.165) is 23.1 Å². The molecule has 2 heterocycles. The van der Waals surface area contributed by atoms with Crippen LogP contribution in [-0.2, 0) is 11.6 Å². The molecule has 34 heavy (non-hydrogen) atoms. The van der Waals surface area contributed by atoms with Crippen molar-refractivity contribution in [3.63, 3.8) is 0 Å². The molecule has 3 aromatic rings.